The molecule has 1 aromatic rings. The molecule has 0 aromatic heterocycles. The lowest BCUT2D eigenvalue weighted by molar-refractivity contribution is -0.122. The molecule has 2 rings (SSSR count). The lowest BCUT2D eigenvalue weighted by Gasteiger charge is -2.12. The number of rotatable bonds is 8. The molecule has 1 aliphatic rings. The number of ether oxygens (including phenoxy) is 3. The SMILES string of the molecule is COc1cc2c(cc1CNCCOCC(N)=O)OC(C)C2. The number of carbonyl (C=O) groups excluding carboxylic acids is 1. The van der Waals surface area contributed by atoms with Gasteiger partial charge in [0, 0.05) is 30.6 Å². The van der Waals surface area contributed by atoms with Crippen molar-refractivity contribution in [3.05, 3.63) is 23.3 Å². The summed E-state index contributed by atoms with van der Waals surface area (Å²) in [6.07, 6.45) is 1.13. The molecule has 0 bridgehead atoms. The summed E-state index contributed by atoms with van der Waals surface area (Å²) in [6, 6.07) is 4.06. The largest absolute Gasteiger partial charge is 0.496 e. The third-order valence-electron chi connectivity index (χ3n) is 3.28. The van der Waals surface area contributed by atoms with Crippen molar-refractivity contribution >= 4 is 5.91 Å². The maximum absolute atomic E-state index is 10.5. The van der Waals surface area contributed by atoms with Gasteiger partial charge in [-0.2, -0.15) is 0 Å². The van der Waals surface area contributed by atoms with E-state index in [2.05, 4.69) is 12.2 Å². The van der Waals surface area contributed by atoms with Crippen LogP contribution in [0.15, 0.2) is 12.1 Å². The fourth-order valence-electron chi connectivity index (χ4n) is 2.35. The van der Waals surface area contributed by atoms with Gasteiger partial charge >= 0.3 is 0 Å². The fourth-order valence-corrected chi connectivity index (χ4v) is 2.35. The van der Waals surface area contributed by atoms with E-state index in [4.69, 9.17) is 19.9 Å². The van der Waals surface area contributed by atoms with Crippen molar-refractivity contribution in [1.82, 2.24) is 5.32 Å². The van der Waals surface area contributed by atoms with E-state index in [-0.39, 0.29) is 12.7 Å². The second kappa shape index (κ2) is 7.28. The molecule has 1 amide bonds. The van der Waals surface area contributed by atoms with E-state index in [1.807, 2.05) is 12.1 Å². The summed E-state index contributed by atoms with van der Waals surface area (Å²) < 4.78 is 16.3. The van der Waals surface area contributed by atoms with Crippen molar-refractivity contribution < 1.29 is 19.0 Å². The smallest absolute Gasteiger partial charge is 0.243 e. The summed E-state index contributed by atoms with van der Waals surface area (Å²) in [5, 5.41) is 3.24. The van der Waals surface area contributed by atoms with Gasteiger partial charge in [0.2, 0.25) is 5.91 Å². The highest BCUT2D eigenvalue weighted by Crippen LogP contribution is 2.34. The summed E-state index contributed by atoms with van der Waals surface area (Å²) >= 11 is 0. The van der Waals surface area contributed by atoms with Crippen molar-refractivity contribution in [3.63, 3.8) is 0 Å². The van der Waals surface area contributed by atoms with Crippen LogP contribution in [0, 0.1) is 0 Å². The molecule has 21 heavy (non-hydrogen) atoms. The Balaban J connectivity index is 1.85. The van der Waals surface area contributed by atoms with E-state index in [9.17, 15) is 4.79 Å². The maximum atomic E-state index is 10.5. The predicted octanol–water partition coefficient (Wildman–Crippen LogP) is 0.610. The van der Waals surface area contributed by atoms with Crippen LogP contribution in [0.25, 0.3) is 0 Å². The van der Waals surface area contributed by atoms with Gasteiger partial charge in [0.25, 0.3) is 0 Å². The standard InChI is InChI=1S/C15H22N2O4/c1-10-5-11-6-13(19-2)12(7-14(11)21-10)8-17-3-4-20-9-15(16)18/h6-7,10,17H,3-5,8-9H2,1-2H3,(H2,16,18). The Kier molecular flexibility index (Phi) is 5.41. The lowest BCUT2D eigenvalue weighted by Crippen LogP contribution is -2.23. The van der Waals surface area contributed by atoms with Gasteiger partial charge in [0.05, 0.1) is 13.7 Å². The molecule has 0 fully saturated rings. The molecule has 1 heterocycles. The van der Waals surface area contributed by atoms with Crippen molar-refractivity contribution in [2.45, 2.75) is 26.0 Å². The number of fused-ring (bicyclic) bond motifs is 1. The second-order valence-electron chi connectivity index (χ2n) is 5.10. The first-order valence-corrected chi connectivity index (χ1v) is 7.03. The monoisotopic (exact) mass is 294 g/mol. The van der Waals surface area contributed by atoms with Crippen LogP contribution in [0.1, 0.15) is 18.1 Å². The van der Waals surface area contributed by atoms with Crippen LogP contribution in [-0.2, 0) is 22.5 Å². The van der Waals surface area contributed by atoms with Crippen molar-refractivity contribution in [3.8, 4) is 11.5 Å². The molecular weight excluding hydrogens is 272 g/mol. The molecule has 1 unspecified atom stereocenters. The Labute approximate surface area is 124 Å². The molecule has 0 aliphatic carbocycles. The number of primary amides is 1. The average Bonchev–Trinajstić information content (AvgIpc) is 2.80. The van der Waals surface area contributed by atoms with E-state index in [0.717, 1.165) is 23.5 Å². The predicted molar refractivity (Wildman–Crippen MR) is 78.5 cm³/mol. The van der Waals surface area contributed by atoms with Crippen molar-refractivity contribution in [2.24, 2.45) is 5.73 Å². The topological polar surface area (TPSA) is 82.8 Å². The Morgan fingerprint density at radius 1 is 1.52 bits per heavy atom. The third kappa shape index (κ3) is 4.34. The van der Waals surface area contributed by atoms with Crippen molar-refractivity contribution in [1.29, 1.82) is 0 Å². The fraction of sp³-hybridized carbons (Fsp3) is 0.533. The highest BCUT2D eigenvalue weighted by atomic mass is 16.5. The van der Waals surface area contributed by atoms with Gasteiger partial charge in [-0.1, -0.05) is 0 Å². The Bertz CT molecular complexity index is 505. The minimum absolute atomic E-state index is 0.0461. The molecule has 0 radical (unpaired) electrons. The summed E-state index contributed by atoms with van der Waals surface area (Å²) in [4.78, 5) is 10.5. The molecule has 6 nitrogen and oxygen atoms in total. The van der Waals surface area contributed by atoms with E-state index in [0.29, 0.717) is 19.7 Å². The van der Waals surface area contributed by atoms with Gasteiger partial charge in [-0.05, 0) is 19.1 Å². The number of nitrogens with two attached hydrogens (primary N) is 1. The van der Waals surface area contributed by atoms with Crippen LogP contribution in [0.4, 0.5) is 0 Å². The summed E-state index contributed by atoms with van der Waals surface area (Å²) in [5.41, 5.74) is 7.21. The molecule has 0 saturated heterocycles. The van der Waals surface area contributed by atoms with Gasteiger partial charge in [0.15, 0.2) is 0 Å². The normalized spacial score (nSPS) is 16.4. The van der Waals surface area contributed by atoms with E-state index in [1.165, 1.54) is 5.56 Å². The molecule has 116 valence electrons. The molecule has 0 spiro atoms. The highest BCUT2D eigenvalue weighted by molar-refractivity contribution is 5.74. The zero-order chi connectivity index (χ0) is 15.2. The number of benzene rings is 1. The Morgan fingerprint density at radius 3 is 3.05 bits per heavy atom. The summed E-state index contributed by atoms with van der Waals surface area (Å²) in [7, 11) is 1.67. The van der Waals surface area contributed by atoms with Gasteiger partial charge in [-0.3, -0.25) is 4.79 Å². The second-order valence-corrected chi connectivity index (χ2v) is 5.10. The summed E-state index contributed by atoms with van der Waals surface area (Å²) in [6.45, 7) is 3.72. The molecule has 0 saturated carbocycles. The molecule has 1 atom stereocenters. The van der Waals surface area contributed by atoms with Crippen LogP contribution in [0.3, 0.4) is 0 Å². The number of methoxy groups -OCH3 is 1. The first-order chi connectivity index (χ1) is 10.1. The molecular formula is C15H22N2O4. The average molecular weight is 294 g/mol. The molecule has 1 aliphatic heterocycles. The van der Waals surface area contributed by atoms with Crippen LogP contribution in [-0.4, -0.2) is 38.9 Å². The Hall–Kier alpha value is -1.79. The third-order valence-corrected chi connectivity index (χ3v) is 3.28. The van der Waals surface area contributed by atoms with Crippen LogP contribution >= 0.6 is 0 Å². The van der Waals surface area contributed by atoms with Gasteiger partial charge in [0.1, 0.15) is 24.2 Å². The number of carbonyl (C=O) groups is 1. The van der Waals surface area contributed by atoms with Gasteiger partial charge < -0.3 is 25.3 Å². The van der Waals surface area contributed by atoms with Crippen molar-refractivity contribution in [2.75, 3.05) is 26.9 Å². The zero-order valence-electron chi connectivity index (χ0n) is 12.5. The minimum atomic E-state index is -0.457. The molecule has 3 N–H and O–H groups in total. The quantitative estimate of drug-likeness (QED) is 0.686. The van der Waals surface area contributed by atoms with E-state index in [1.54, 1.807) is 7.11 Å². The van der Waals surface area contributed by atoms with E-state index >= 15 is 0 Å². The number of amides is 1. The number of nitrogens with one attached hydrogen (secondary N) is 1. The lowest BCUT2D eigenvalue weighted by atomic mass is 10.1. The van der Waals surface area contributed by atoms with Crippen LogP contribution in [0.2, 0.25) is 0 Å². The molecule has 1 aromatic carbocycles. The maximum Gasteiger partial charge on any atom is 0.243 e. The highest BCUT2D eigenvalue weighted by Gasteiger charge is 2.21. The minimum Gasteiger partial charge on any atom is -0.496 e. The summed E-state index contributed by atoms with van der Waals surface area (Å²) in [5.74, 6) is 1.34. The van der Waals surface area contributed by atoms with E-state index < -0.39 is 5.91 Å². The number of hydrogen-bond acceptors (Lipinski definition) is 5. The number of hydrogen-bond donors (Lipinski definition) is 2. The van der Waals surface area contributed by atoms with Gasteiger partial charge in [-0.15, -0.1) is 0 Å². The Morgan fingerprint density at radius 2 is 2.33 bits per heavy atom. The first kappa shape index (κ1) is 15.6. The van der Waals surface area contributed by atoms with Crippen LogP contribution in [0.5, 0.6) is 11.5 Å². The first-order valence-electron chi connectivity index (χ1n) is 7.03. The van der Waals surface area contributed by atoms with Crippen LogP contribution < -0.4 is 20.5 Å². The zero-order valence-corrected chi connectivity index (χ0v) is 12.5. The van der Waals surface area contributed by atoms with Gasteiger partial charge in [-0.25, -0.2) is 0 Å². The molecule has 6 heteroatoms.